The highest BCUT2D eigenvalue weighted by Crippen LogP contribution is 2.40. The Bertz CT molecular complexity index is 885. The Morgan fingerprint density at radius 3 is 2.96 bits per heavy atom. The summed E-state index contributed by atoms with van der Waals surface area (Å²) in [7, 11) is 0. The molecule has 2 heterocycles. The Balaban J connectivity index is 1.57. The van der Waals surface area contributed by atoms with Gasteiger partial charge in [0.05, 0.1) is 6.20 Å². The lowest BCUT2D eigenvalue weighted by atomic mass is 10.2. The summed E-state index contributed by atoms with van der Waals surface area (Å²) in [5.74, 6) is -0.124. The van der Waals surface area contributed by atoms with Crippen LogP contribution in [0.5, 0.6) is 0 Å². The number of amides is 1. The van der Waals surface area contributed by atoms with E-state index in [9.17, 15) is 9.18 Å². The molecule has 1 fully saturated rings. The molecule has 1 aliphatic rings. The molecule has 0 unspecified atom stereocenters. The summed E-state index contributed by atoms with van der Waals surface area (Å²) in [6, 6.07) is 9.77. The first-order valence-electron chi connectivity index (χ1n) is 7.58. The van der Waals surface area contributed by atoms with Crippen molar-refractivity contribution in [2.45, 2.75) is 25.3 Å². The van der Waals surface area contributed by atoms with Crippen LogP contribution in [0.4, 0.5) is 4.39 Å². The monoisotopic (exact) mass is 310 g/mol. The van der Waals surface area contributed by atoms with E-state index >= 15 is 0 Å². The molecule has 0 radical (unpaired) electrons. The minimum absolute atomic E-state index is 0.264. The summed E-state index contributed by atoms with van der Waals surface area (Å²) < 4.78 is 15.0. The van der Waals surface area contributed by atoms with Gasteiger partial charge in [-0.3, -0.25) is 4.79 Å². The topological polar surface area (TPSA) is 59.3 Å². The van der Waals surface area contributed by atoms with Gasteiger partial charge in [0, 0.05) is 24.2 Å². The van der Waals surface area contributed by atoms with Gasteiger partial charge in [0.15, 0.2) is 5.65 Å². The van der Waals surface area contributed by atoms with Gasteiger partial charge in [-0.1, -0.05) is 12.1 Å². The van der Waals surface area contributed by atoms with E-state index in [0.717, 1.165) is 18.5 Å². The van der Waals surface area contributed by atoms with Crippen LogP contribution in [0.3, 0.4) is 0 Å². The van der Waals surface area contributed by atoms with Gasteiger partial charge >= 0.3 is 0 Å². The number of rotatable bonds is 4. The quantitative estimate of drug-likeness (QED) is 0.806. The van der Waals surface area contributed by atoms with Gasteiger partial charge in [0.1, 0.15) is 11.5 Å². The molecule has 116 valence electrons. The minimum atomic E-state index is -0.313. The first-order valence-corrected chi connectivity index (χ1v) is 7.58. The predicted molar refractivity (Wildman–Crippen MR) is 82.5 cm³/mol. The van der Waals surface area contributed by atoms with Crippen molar-refractivity contribution < 1.29 is 9.18 Å². The summed E-state index contributed by atoms with van der Waals surface area (Å²) >= 11 is 0. The van der Waals surface area contributed by atoms with E-state index in [1.165, 1.54) is 12.1 Å². The van der Waals surface area contributed by atoms with Crippen LogP contribution < -0.4 is 5.32 Å². The van der Waals surface area contributed by atoms with Crippen LogP contribution in [0, 0.1) is 5.82 Å². The Morgan fingerprint density at radius 2 is 2.17 bits per heavy atom. The lowest BCUT2D eigenvalue weighted by Gasteiger charge is -2.08. The zero-order chi connectivity index (χ0) is 15.8. The van der Waals surface area contributed by atoms with E-state index in [1.807, 2.05) is 0 Å². The van der Waals surface area contributed by atoms with E-state index in [2.05, 4.69) is 15.4 Å². The second kappa shape index (κ2) is 5.46. The molecule has 0 atom stereocenters. The highest BCUT2D eigenvalue weighted by molar-refractivity contribution is 5.92. The number of benzene rings is 1. The Labute approximate surface area is 132 Å². The molecule has 1 N–H and O–H groups in total. The van der Waals surface area contributed by atoms with E-state index in [-0.39, 0.29) is 18.3 Å². The number of halogens is 1. The molecule has 3 aromatic rings. The third kappa shape index (κ3) is 2.79. The third-order valence-corrected chi connectivity index (χ3v) is 3.96. The van der Waals surface area contributed by atoms with Gasteiger partial charge < -0.3 is 5.32 Å². The molecule has 2 aromatic heterocycles. The first kappa shape index (κ1) is 13.9. The molecule has 23 heavy (non-hydrogen) atoms. The molecular weight excluding hydrogens is 295 g/mol. The highest BCUT2D eigenvalue weighted by Gasteiger charge is 2.28. The Hall–Kier alpha value is -2.76. The fraction of sp³-hybridized carbons (Fsp3) is 0.235. The van der Waals surface area contributed by atoms with Crippen molar-refractivity contribution in [3.05, 3.63) is 65.4 Å². The molecule has 0 aliphatic heterocycles. The fourth-order valence-electron chi connectivity index (χ4n) is 2.64. The molecule has 0 spiro atoms. The van der Waals surface area contributed by atoms with Crippen molar-refractivity contribution in [2.24, 2.45) is 0 Å². The normalized spacial score (nSPS) is 14.1. The van der Waals surface area contributed by atoms with Crippen LogP contribution in [0.25, 0.3) is 5.65 Å². The van der Waals surface area contributed by atoms with Gasteiger partial charge in [-0.15, -0.1) is 0 Å². The second-order valence-electron chi connectivity index (χ2n) is 5.75. The third-order valence-electron chi connectivity index (χ3n) is 3.96. The maximum absolute atomic E-state index is 13.2. The number of nitrogens with one attached hydrogen (secondary N) is 1. The number of fused-ring (bicyclic) bond motifs is 1. The average Bonchev–Trinajstić information content (AvgIpc) is 3.29. The Morgan fingerprint density at radius 1 is 1.30 bits per heavy atom. The number of aromatic nitrogens is 3. The molecule has 1 amide bonds. The minimum Gasteiger partial charge on any atom is -0.347 e. The molecule has 0 saturated heterocycles. The smallest absolute Gasteiger partial charge is 0.270 e. The molecule has 1 aromatic carbocycles. The van der Waals surface area contributed by atoms with Gasteiger partial charge in [0.2, 0.25) is 0 Å². The number of carbonyl (C=O) groups excluding carboxylic acids is 1. The van der Waals surface area contributed by atoms with Crippen molar-refractivity contribution in [2.75, 3.05) is 0 Å². The van der Waals surface area contributed by atoms with Crippen LogP contribution in [0.2, 0.25) is 0 Å². The summed E-state index contributed by atoms with van der Waals surface area (Å²) in [4.78, 5) is 16.7. The van der Waals surface area contributed by atoms with Gasteiger partial charge in [-0.25, -0.2) is 13.9 Å². The second-order valence-corrected chi connectivity index (χ2v) is 5.75. The highest BCUT2D eigenvalue weighted by atomic mass is 19.1. The molecule has 4 rings (SSSR count). The molecule has 1 aliphatic carbocycles. The number of hydrogen-bond donors (Lipinski definition) is 1. The zero-order valence-corrected chi connectivity index (χ0v) is 12.4. The molecule has 6 heteroatoms. The van der Waals surface area contributed by atoms with Gasteiger partial charge in [0.25, 0.3) is 5.91 Å². The molecule has 1 saturated carbocycles. The van der Waals surface area contributed by atoms with Gasteiger partial charge in [-0.2, -0.15) is 5.10 Å². The largest absolute Gasteiger partial charge is 0.347 e. The van der Waals surface area contributed by atoms with Crippen LogP contribution in [0.1, 0.15) is 40.5 Å². The lowest BCUT2D eigenvalue weighted by Crippen LogP contribution is -2.24. The maximum Gasteiger partial charge on any atom is 0.270 e. The molecular formula is C17H15FN4O. The zero-order valence-electron chi connectivity index (χ0n) is 12.4. The van der Waals surface area contributed by atoms with Crippen molar-refractivity contribution in [1.82, 2.24) is 19.9 Å². The maximum atomic E-state index is 13.2. The number of hydrogen-bond acceptors (Lipinski definition) is 3. The van der Waals surface area contributed by atoms with Crippen LogP contribution in [-0.4, -0.2) is 20.5 Å². The summed E-state index contributed by atoms with van der Waals surface area (Å²) in [5, 5.41) is 7.05. The number of nitrogens with zero attached hydrogens (tertiary/aromatic N) is 3. The summed E-state index contributed by atoms with van der Waals surface area (Å²) in [5.41, 5.74) is 2.78. The van der Waals surface area contributed by atoms with Crippen molar-refractivity contribution >= 4 is 11.6 Å². The van der Waals surface area contributed by atoms with Gasteiger partial charge in [-0.05, 0) is 36.6 Å². The summed E-state index contributed by atoms with van der Waals surface area (Å²) in [6.07, 6.45) is 3.91. The predicted octanol–water partition coefficient (Wildman–Crippen LogP) is 2.68. The fourth-order valence-corrected chi connectivity index (χ4v) is 2.64. The van der Waals surface area contributed by atoms with E-state index in [4.69, 9.17) is 0 Å². The lowest BCUT2D eigenvalue weighted by molar-refractivity contribution is 0.0946. The average molecular weight is 310 g/mol. The van der Waals surface area contributed by atoms with Crippen LogP contribution in [0.15, 0.2) is 42.6 Å². The standard InChI is InChI=1S/C17H15FN4O/c18-13-3-1-2-11(8-13)10-19-17(23)14-9-15(12-4-5-12)22-16(21-14)6-7-20-22/h1-3,6-9,12H,4-5,10H2,(H,19,23). The SMILES string of the molecule is O=C(NCc1cccc(F)c1)c1cc(C2CC2)n2nccc2n1. The van der Waals surface area contributed by atoms with Crippen LogP contribution in [-0.2, 0) is 6.54 Å². The summed E-state index contributed by atoms with van der Waals surface area (Å²) in [6.45, 7) is 0.265. The van der Waals surface area contributed by atoms with Crippen molar-refractivity contribution in [1.29, 1.82) is 0 Å². The first-order chi connectivity index (χ1) is 11.2. The number of carbonyl (C=O) groups is 1. The van der Waals surface area contributed by atoms with E-state index < -0.39 is 0 Å². The van der Waals surface area contributed by atoms with Crippen molar-refractivity contribution in [3.8, 4) is 0 Å². The Kier molecular flexibility index (Phi) is 3.29. The van der Waals surface area contributed by atoms with Crippen molar-refractivity contribution in [3.63, 3.8) is 0 Å². The van der Waals surface area contributed by atoms with Crippen LogP contribution >= 0.6 is 0 Å². The van der Waals surface area contributed by atoms with E-state index in [1.54, 1.807) is 35.0 Å². The molecule has 0 bridgehead atoms. The molecule has 5 nitrogen and oxygen atoms in total. The van der Waals surface area contributed by atoms with E-state index in [0.29, 0.717) is 22.8 Å².